The molecule has 0 radical (unpaired) electrons. The second-order valence-corrected chi connectivity index (χ2v) is 8.22. The second kappa shape index (κ2) is 8.77. The Morgan fingerprint density at radius 3 is 1.29 bits per heavy atom. The number of rotatable bonds is 4. The quantitative estimate of drug-likeness (QED) is 0.183. The van der Waals surface area contributed by atoms with Crippen LogP contribution in [0, 0.1) is 0 Å². The molecular formula is C17H8Br4F6O. The van der Waals surface area contributed by atoms with Crippen molar-refractivity contribution >= 4 is 69.5 Å². The molecular weight excluding hydrogens is 654 g/mol. The van der Waals surface area contributed by atoms with Gasteiger partial charge in [-0.2, -0.15) is 26.3 Å². The first-order chi connectivity index (χ1) is 12.8. The predicted octanol–water partition coefficient (Wildman–Crippen LogP) is 8.27. The van der Waals surface area contributed by atoms with Gasteiger partial charge in [0.15, 0.2) is 5.78 Å². The second-order valence-electron chi connectivity index (χ2n) is 5.51. The lowest BCUT2D eigenvalue weighted by Gasteiger charge is -2.18. The van der Waals surface area contributed by atoms with E-state index in [1.807, 2.05) is 0 Å². The summed E-state index contributed by atoms with van der Waals surface area (Å²) < 4.78 is 79.4. The summed E-state index contributed by atoms with van der Waals surface area (Å²) in [5.41, 5.74) is -3.12. The molecule has 0 fully saturated rings. The van der Waals surface area contributed by atoms with Crippen molar-refractivity contribution in [1.29, 1.82) is 0 Å². The van der Waals surface area contributed by atoms with Crippen molar-refractivity contribution in [2.45, 2.75) is 23.0 Å². The molecule has 28 heavy (non-hydrogen) atoms. The van der Waals surface area contributed by atoms with E-state index in [1.54, 1.807) is 0 Å². The Morgan fingerprint density at radius 1 is 0.714 bits per heavy atom. The van der Waals surface area contributed by atoms with Crippen LogP contribution in [0.5, 0.6) is 0 Å². The van der Waals surface area contributed by atoms with Gasteiger partial charge in [-0.15, -0.1) is 0 Å². The Morgan fingerprint density at radius 2 is 1.04 bits per heavy atom. The smallest absolute Gasteiger partial charge is 0.289 e. The molecule has 0 aliphatic rings. The number of carbonyl (C=O) groups is 1. The van der Waals surface area contributed by atoms with E-state index < -0.39 is 49.3 Å². The first kappa shape index (κ1) is 23.9. The molecule has 0 amide bonds. The van der Waals surface area contributed by atoms with E-state index in [4.69, 9.17) is 0 Å². The summed E-state index contributed by atoms with van der Waals surface area (Å²) in [6, 6.07) is 4.52. The molecule has 0 heterocycles. The van der Waals surface area contributed by atoms with Gasteiger partial charge < -0.3 is 0 Å². The van der Waals surface area contributed by atoms with Crippen molar-refractivity contribution in [1.82, 2.24) is 0 Å². The van der Waals surface area contributed by atoms with Crippen molar-refractivity contribution in [3.8, 4) is 0 Å². The molecule has 0 aliphatic heterocycles. The summed E-state index contributed by atoms with van der Waals surface area (Å²) in [5.74, 6) is -0.975. The highest BCUT2D eigenvalue weighted by Gasteiger charge is 2.39. The van der Waals surface area contributed by atoms with Gasteiger partial charge in [-0.05, 0) is 55.1 Å². The third-order valence-electron chi connectivity index (χ3n) is 3.80. The minimum atomic E-state index is -4.76. The van der Waals surface area contributed by atoms with Crippen molar-refractivity contribution in [3.63, 3.8) is 0 Å². The summed E-state index contributed by atoms with van der Waals surface area (Å²) in [5, 5.41) is -0.229. The lowest BCUT2D eigenvalue weighted by Crippen LogP contribution is -2.16. The maximum atomic E-state index is 13.4. The summed E-state index contributed by atoms with van der Waals surface area (Å²) in [4.78, 5) is 12.8. The highest BCUT2D eigenvalue weighted by atomic mass is 79.9. The number of halogens is 10. The maximum absolute atomic E-state index is 13.4. The number of carbonyl (C=O) groups excluding carboxylic acids is 1. The molecule has 2 rings (SSSR count). The molecule has 0 bridgehead atoms. The highest BCUT2D eigenvalue weighted by Crippen LogP contribution is 2.43. The van der Waals surface area contributed by atoms with E-state index >= 15 is 0 Å². The molecule has 0 aromatic heterocycles. The molecule has 0 unspecified atom stereocenters. The van der Waals surface area contributed by atoms with E-state index in [9.17, 15) is 31.1 Å². The van der Waals surface area contributed by atoms with Crippen LogP contribution in [0.2, 0.25) is 0 Å². The fourth-order valence-electron chi connectivity index (χ4n) is 2.56. The SMILES string of the molecule is O=C(c1ccc(CBr)c(C(F)(F)F)c1Br)c1ccc(CBr)c(C(F)(F)F)c1Br. The Hall–Kier alpha value is -0.390. The normalized spacial score (nSPS) is 12.4. The zero-order valence-electron chi connectivity index (χ0n) is 13.4. The molecule has 0 aliphatic carbocycles. The standard InChI is InChI=1S/C17H8Br4F6O/c18-5-7-1-3-9(13(20)11(7)16(22,23)24)15(28)10-4-2-8(6-19)12(14(10)21)17(25,26)27/h1-4H,5-6H2. The molecule has 152 valence electrons. The van der Waals surface area contributed by atoms with Crippen LogP contribution in [-0.4, -0.2) is 5.78 Å². The minimum Gasteiger partial charge on any atom is -0.289 e. The van der Waals surface area contributed by atoms with Crippen molar-refractivity contribution in [2.24, 2.45) is 0 Å². The van der Waals surface area contributed by atoms with Crippen LogP contribution >= 0.6 is 63.7 Å². The number of alkyl halides is 8. The van der Waals surface area contributed by atoms with Crippen LogP contribution in [0.4, 0.5) is 26.3 Å². The first-order valence-electron chi connectivity index (χ1n) is 7.28. The lowest BCUT2D eigenvalue weighted by atomic mass is 9.95. The zero-order chi connectivity index (χ0) is 21.4. The zero-order valence-corrected chi connectivity index (χ0v) is 19.8. The van der Waals surface area contributed by atoms with Crippen molar-refractivity contribution < 1.29 is 31.1 Å². The van der Waals surface area contributed by atoms with Gasteiger partial charge in [0.2, 0.25) is 0 Å². The van der Waals surface area contributed by atoms with E-state index in [0.717, 1.165) is 24.3 Å². The Kier molecular flexibility index (Phi) is 7.48. The van der Waals surface area contributed by atoms with Gasteiger partial charge in [0, 0.05) is 30.7 Å². The third-order valence-corrected chi connectivity index (χ3v) is 6.66. The van der Waals surface area contributed by atoms with E-state index in [0.29, 0.717) is 0 Å². The van der Waals surface area contributed by atoms with Crippen LogP contribution in [-0.2, 0) is 23.0 Å². The Balaban J connectivity index is 2.72. The summed E-state index contributed by atoms with van der Waals surface area (Å²) in [6.07, 6.45) is -9.52. The van der Waals surface area contributed by atoms with E-state index in [-0.39, 0.29) is 21.8 Å². The van der Waals surface area contributed by atoms with Gasteiger partial charge in [0.05, 0.1) is 11.1 Å². The molecule has 11 heteroatoms. The van der Waals surface area contributed by atoms with E-state index in [2.05, 4.69) is 63.7 Å². The van der Waals surface area contributed by atoms with Gasteiger partial charge in [0.25, 0.3) is 0 Å². The molecule has 0 saturated carbocycles. The molecule has 1 nitrogen and oxygen atoms in total. The summed E-state index contributed by atoms with van der Waals surface area (Å²) in [6.45, 7) is 0. The fraction of sp³-hybridized carbons (Fsp3) is 0.235. The summed E-state index contributed by atoms with van der Waals surface area (Å²) >= 11 is 11.5. The molecule has 2 aromatic rings. The van der Waals surface area contributed by atoms with Gasteiger partial charge in [0.1, 0.15) is 0 Å². The molecule has 0 atom stereocenters. The molecule has 0 spiro atoms. The van der Waals surface area contributed by atoms with Gasteiger partial charge in [-0.3, -0.25) is 4.79 Å². The third kappa shape index (κ3) is 4.67. The maximum Gasteiger partial charge on any atom is 0.417 e. The lowest BCUT2D eigenvalue weighted by molar-refractivity contribution is -0.139. The monoisotopic (exact) mass is 658 g/mol. The topological polar surface area (TPSA) is 17.1 Å². The average molecular weight is 662 g/mol. The number of hydrogen-bond donors (Lipinski definition) is 0. The van der Waals surface area contributed by atoms with Gasteiger partial charge >= 0.3 is 12.4 Å². The van der Waals surface area contributed by atoms with Crippen molar-refractivity contribution in [2.75, 3.05) is 0 Å². The minimum absolute atomic E-state index is 0.111. The predicted molar refractivity (Wildman–Crippen MR) is 107 cm³/mol. The Bertz CT molecular complexity index is 848. The van der Waals surface area contributed by atoms with Crippen LogP contribution in [0.25, 0.3) is 0 Å². The average Bonchev–Trinajstić information content (AvgIpc) is 2.58. The van der Waals surface area contributed by atoms with Crippen LogP contribution in [0.3, 0.4) is 0 Å². The van der Waals surface area contributed by atoms with Gasteiger partial charge in [-0.25, -0.2) is 0 Å². The summed E-state index contributed by atoms with van der Waals surface area (Å²) in [7, 11) is 0. The number of benzene rings is 2. The van der Waals surface area contributed by atoms with Crippen LogP contribution in [0.1, 0.15) is 38.2 Å². The van der Waals surface area contributed by atoms with Crippen LogP contribution < -0.4 is 0 Å². The fourth-order valence-corrected chi connectivity index (χ4v) is 5.08. The number of ketones is 1. The number of hydrogen-bond acceptors (Lipinski definition) is 1. The van der Waals surface area contributed by atoms with Gasteiger partial charge in [-0.1, -0.05) is 44.0 Å². The van der Waals surface area contributed by atoms with E-state index in [1.165, 1.54) is 0 Å². The molecule has 0 N–H and O–H groups in total. The van der Waals surface area contributed by atoms with Crippen molar-refractivity contribution in [3.05, 3.63) is 66.6 Å². The first-order valence-corrected chi connectivity index (χ1v) is 11.1. The molecule has 0 saturated heterocycles. The van der Waals surface area contributed by atoms with Crippen LogP contribution in [0.15, 0.2) is 33.2 Å². The molecule has 2 aromatic carbocycles. The highest BCUT2D eigenvalue weighted by molar-refractivity contribution is 9.11. The Labute approximate surface area is 189 Å². The largest absolute Gasteiger partial charge is 0.417 e.